The van der Waals surface area contributed by atoms with E-state index < -0.39 is 6.10 Å². The van der Waals surface area contributed by atoms with Crippen LogP contribution in [-0.4, -0.2) is 31.8 Å². The molecule has 0 aliphatic heterocycles. The first kappa shape index (κ1) is 17.9. The molecule has 134 valence electrons. The summed E-state index contributed by atoms with van der Waals surface area (Å²) in [6, 6.07) is 10.6. The van der Waals surface area contributed by atoms with Crippen molar-refractivity contribution >= 4 is 23.3 Å². The topological polar surface area (TPSA) is 81.9 Å². The van der Waals surface area contributed by atoms with Crippen LogP contribution in [0.3, 0.4) is 0 Å². The zero-order valence-corrected chi connectivity index (χ0v) is 15.4. The lowest BCUT2D eigenvalue weighted by atomic mass is 10.3. The molecule has 1 unspecified atom stereocenters. The van der Waals surface area contributed by atoms with Crippen molar-refractivity contribution < 1.29 is 9.53 Å². The first-order valence-corrected chi connectivity index (χ1v) is 8.39. The standard InChI is InChI=1S/C18H18ClN5O2/c1-11-8-12(2)24(23-11)17-9-16(20-10-21-17)22-18(25)13(3)26-15-7-5-4-6-14(15)19/h4-10,13H,1-3H3,(H,20,21,22,25). The molecule has 1 atom stereocenters. The number of anilines is 1. The summed E-state index contributed by atoms with van der Waals surface area (Å²) in [7, 11) is 0. The lowest BCUT2D eigenvalue weighted by Gasteiger charge is -2.15. The number of carbonyl (C=O) groups is 1. The van der Waals surface area contributed by atoms with E-state index in [0.29, 0.717) is 22.4 Å². The van der Waals surface area contributed by atoms with Crippen molar-refractivity contribution in [2.75, 3.05) is 5.32 Å². The van der Waals surface area contributed by atoms with Gasteiger partial charge in [0.1, 0.15) is 17.9 Å². The molecule has 0 bridgehead atoms. The zero-order chi connectivity index (χ0) is 18.7. The van der Waals surface area contributed by atoms with Crippen molar-refractivity contribution in [1.29, 1.82) is 0 Å². The second-order valence-electron chi connectivity index (χ2n) is 5.78. The van der Waals surface area contributed by atoms with Gasteiger partial charge in [-0.2, -0.15) is 5.10 Å². The van der Waals surface area contributed by atoms with Crippen LogP contribution in [0.4, 0.5) is 5.82 Å². The smallest absolute Gasteiger partial charge is 0.266 e. The Morgan fingerprint density at radius 2 is 2.00 bits per heavy atom. The number of aryl methyl sites for hydroxylation is 2. The number of benzene rings is 1. The van der Waals surface area contributed by atoms with Crippen LogP contribution in [0.15, 0.2) is 42.7 Å². The molecule has 8 heteroatoms. The Morgan fingerprint density at radius 3 is 2.69 bits per heavy atom. The minimum Gasteiger partial charge on any atom is -0.479 e. The van der Waals surface area contributed by atoms with Gasteiger partial charge in [-0.1, -0.05) is 23.7 Å². The Balaban J connectivity index is 1.72. The summed E-state index contributed by atoms with van der Waals surface area (Å²) in [5, 5.41) is 7.54. The Labute approximate surface area is 156 Å². The van der Waals surface area contributed by atoms with Crippen LogP contribution >= 0.6 is 11.6 Å². The number of ether oxygens (including phenoxy) is 1. The number of halogens is 1. The van der Waals surface area contributed by atoms with Crippen molar-refractivity contribution in [1.82, 2.24) is 19.7 Å². The van der Waals surface area contributed by atoms with Crippen LogP contribution in [0.5, 0.6) is 5.75 Å². The van der Waals surface area contributed by atoms with Gasteiger partial charge in [-0.05, 0) is 39.0 Å². The Bertz CT molecular complexity index is 941. The van der Waals surface area contributed by atoms with Gasteiger partial charge in [0.25, 0.3) is 5.91 Å². The maximum atomic E-state index is 12.4. The van der Waals surface area contributed by atoms with Crippen LogP contribution in [0, 0.1) is 13.8 Å². The van der Waals surface area contributed by atoms with Gasteiger partial charge in [-0.15, -0.1) is 0 Å². The third-order valence-corrected chi connectivity index (χ3v) is 3.95. The molecule has 2 heterocycles. The molecule has 0 aliphatic carbocycles. The van der Waals surface area contributed by atoms with E-state index in [1.54, 1.807) is 41.9 Å². The maximum absolute atomic E-state index is 12.4. The molecule has 3 rings (SSSR count). The van der Waals surface area contributed by atoms with E-state index >= 15 is 0 Å². The molecule has 0 spiro atoms. The Morgan fingerprint density at radius 1 is 1.23 bits per heavy atom. The van der Waals surface area contributed by atoms with Gasteiger partial charge in [0.15, 0.2) is 11.9 Å². The normalized spacial score (nSPS) is 11.8. The number of hydrogen-bond acceptors (Lipinski definition) is 5. The van der Waals surface area contributed by atoms with Crippen molar-refractivity contribution in [3.8, 4) is 11.6 Å². The summed E-state index contributed by atoms with van der Waals surface area (Å²) < 4.78 is 7.30. The van der Waals surface area contributed by atoms with E-state index in [9.17, 15) is 4.79 Å². The molecular formula is C18H18ClN5O2. The number of hydrogen-bond donors (Lipinski definition) is 1. The van der Waals surface area contributed by atoms with Crippen LogP contribution in [0.25, 0.3) is 5.82 Å². The number of carbonyl (C=O) groups excluding carboxylic acids is 1. The molecule has 1 amide bonds. The molecule has 1 N–H and O–H groups in total. The summed E-state index contributed by atoms with van der Waals surface area (Å²) >= 11 is 6.05. The minimum atomic E-state index is -0.748. The largest absolute Gasteiger partial charge is 0.479 e. The predicted octanol–water partition coefficient (Wildman–Crippen LogP) is 3.34. The fraction of sp³-hybridized carbons (Fsp3) is 0.222. The summed E-state index contributed by atoms with van der Waals surface area (Å²) in [4.78, 5) is 20.7. The van der Waals surface area contributed by atoms with Gasteiger partial charge < -0.3 is 10.1 Å². The lowest BCUT2D eigenvalue weighted by Crippen LogP contribution is -2.30. The average Bonchev–Trinajstić information content (AvgIpc) is 2.95. The highest BCUT2D eigenvalue weighted by molar-refractivity contribution is 6.32. The highest BCUT2D eigenvalue weighted by atomic mass is 35.5. The number of rotatable bonds is 5. The molecule has 1 aromatic carbocycles. The van der Waals surface area contributed by atoms with E-state index in [1.807, 2.05) is 19.9 Å². The van der Waals surface area contributed by atoms with Crippen LogP contribution in [0.2, 0.25) is 5.02 Å². The monoisotopic (exact) mass is 371 g/mol. The quantitative estimate of drug-likeness (QED) is 0.743. The number of amides is 1. The van der Waals surface area contributed by atoms with Gasteiger partial charge in [0, 0.05) is 11.8 Å². The van der Waals surface area contributed by atoms with E-state index in [1.165, 1.54) is 6.33 Å². The summed E-state index contributed by atoms with van der Waals surface area (Å²) in [5.74, 6) is 1.04. The van der Waals surface area contributed by atoms with E-state index in [2.05, 4.69) is 20.4 Å². The molecule has 0 fully saturated rings. The van der Waals surface area contributed by atoms with Crippen LogP contribution in [-0.2, 0) is 4.79 Å². The van der Waals surface area contributed by atoms with Gasteiger partial charge >= 0.3 is 0 Å². The van der Waals surface area contributed by atoms with Gasteiger partial charge in [-0.3, -0.25) is 4.79 Å². The lowest BCUT2D eigenvalue weighted by molar-refractivity contribution is -0.122. The highest BCUT2D eigenvalue weighted by Gasteiger charge is 2.17. The van der Waals surface area contributed by atoms with Crippen molar-refractivity contribution in [3.63, 3.8) is 0 Å². The third-order valence-electron chi connectivity index (χ3n) is 3.64. The fourth-order valence-electron chi connectivity index (χ4n) is 2.40. The molecule has 0 aliphatic rings. The maximum Gasteiger partial charge on any atom is 0.266 e. The van der Waals surface area contributed by atoms with Crippen LogP contribution in [0.1, 0.15) is 18.3 Å². The summed E-state index contributed by atoms with van der Waals surface area (Å²) in [5.41, 5.74) is 1.82. The highest BCUT2D eigenvalue weighted by Crippen LogP contribution is 2.24. The minimum absolute atomic E-state index is 0.345. The molecule has 0 radical (unpaired) electrons. The second kappa shape index (κ2) is 7.53. The number of aromatic nitrogens is 4. The second-order valence-corrected chi connectivity index (χ2v) is 6.19. The molecule has 0 saturated heterocycles. The van der Waals surface area contributed by atoms with E-state index in [4.69, 9.17) is 16.3 Å². The molecule has 7 nitrogen and oxygen atoms in total. The SMILES string of the molecule is Cc1cc(C)n(-c2cc(NC(=O)C(C)Oc3ccccc3Cl)ncn2)n1. The van der Waals surface area contributed by atoms with Gasteiger partial charge in [0.2, 0.25) is 0 Å². The predicted molar refractivity (Wildman–Crippen MR) is 98.8 cm³/mol. The van der Waals surface area contributed by atoms with E-state index in [0.717, 1.165) is 11.4 Å². The van der Waals surface area contributed by atoms with Crippen LogP contribution < -0.4 is 10.1 Å². The van der Waals surface area contributed by atoms with Crippen molar-refractivity contribution in [2.45, 2.75) is 26.9 Å². The zero-order valence-electron chi connectivity index (χ0n) is 14.6. The molecule has 0 saturated carbocycles. The van der Waals surface area contributed by atoms with Crippen molar-refractivity contribution in [3.05, 3.63) is 59.1 Å². The first-order chi connectivity index (χ1) is 12.4. The third kappa shape index (κ3) is 4.00. The fourth-order valence-corrected chi connectivity index (χ4v) is 2.58. The summed E-state index contributed by atoms with van der Waals surface area (Å²) in [6.07, 6.45) is 0.628. The van der Waals surface area contributed by atoms with Gasteiger partial charge in [-0.25, -0.2) is 14.6 Å². The first-order valence-electron chi connectivity index (χ1n) is 8.02. The molecule has 3 aromatic rings. The molecule has 26 heavy (non-hydrogen) atoms. The molecular weight excluding hydrogens is 354 g/mol. The number of nitrogens with zero attached hydrogens (tertiary/aromatic N) is 4. The Hall–Kier alpha value is -2.93. The molecule has 2 aromatic heterocycles. The number of para-hydroxylation sites is 1. The van der Waals surface area contributed by atoms with Crippen molar-refractivity contribution in [2.24, 2.45) is 0 Å². The average molecular weight is 372 g/mol. The number of nitrogens with one attached hydrogen (secondary N) is 1. The summed E-state index contributed by atoms with van der Waals surface area (Å²) in [6.45, 7) is 5.47. The Kier molecular flexibility index (Phi) is 5.18. The van der Waals surface area contributed by atoms with Gasteiger partial charge in [0.05, 0.1) is 10.7 Å². The van der Waals surface area contributed by atoms with E-state index in [-0.39, 0.29) is 5.91 Å².